The molecule has 7 nitrogen and oxygen atoms in total. The van der Waals surface area contributed by atoms with E-state index in [-0.39, 0.29) is 48.0 Å². The van der Waals surface area contributed by atoms with Gasteiger partial charge in [-0.25, -0.2) is 0 Å². The number of anilines is 1. The average Bonchev–Trinajstić information content (AvgIpc) is 3.69. The molecule has 3 aliphatic rings. The maximum Gasteiger partial charge on any atom is 0.251 e. The summed E-state index contributed by atoms with van der Waals surface area (Å²) in [5.41, 5.74) is 1.74. The molecule has 1 N–H and O–H groups in total. The quantitative estimate of drug-likeness (QED) is 0.216. The monoisotopic (exact) mass is 665 g/mol. The van der Waals surface area contributed by atoms with Gasteiger partial charge in [0.1, 0.15) is 6.04 Å². The summed E-state index contributed by atoms with van der Waals surface area (Å²) in [6, 6.07) is 22.5. The van der Waals surface area contributed by atoms with Crippen molar-refractivity contribution in [3.8, 4) is 0 Å². The van der Waals surface area contributed by atoms with Crippen LogP contribution in [-0.4, -0.2) is 74.4 Å². The van der Waals surface area contributed by atoms with Gasteiger partial charge in [-0.15, -0.1) is 24.9 Å². The number of aliphatic hydroxyl groups is 1. The number of amides is 3. The Labute approximate surface area is 288 Å². The first-order valence-electron chi connectivity index (χ1n) is 17.1. The summed E-state index contributed by atoms with van der Waals surface area (Å²) >= 11 is 1.67. The molecule has 0 aliphatic carbocycles. The third kappa shape index (κ3) is 5.77. The predicted octanol–water partition coefficient (Wildman–Crippen LogP) is 6.32. The minimum atomic E-state index is -0.845. The minimum absolute atomic E-state index is 0.00649. The van der Waals surface area contributed by atoms with Crippen molar-refractivity contribution >= 4 is 45.9 Å². The van der Waals surface area contributed by atoms with Gasteiger partial charge < -0.3 is 19.8 Å². The smallest absolute Gasteiger partial charge is 0.251 e. The third-order valence-corrected chi connectivity index (χ3v) is 12.6. The first kappa shape index (κ1) is 34.0. The fourth-order valence-electron chi connectivity index (χ4n) is 8.58. The van der Waals surface area contributed by atoms with E-state index in [0.717, 1.165) is 28.4 Å². The topological polar surface area (TPSA) is 81.2 Å². The minimum Gasteiger partial charge on any atom is -0.394 e. The van der Waals surface area contributed by atoms with E-state index in [9.17, 15) is 14.7 Å². The number of aliphatic hydroxyl groups excluding tert-OH is 1. The standard InChI is InChI=1S/C40H47N3O4S/c1-6-19-41(24-28-13-9-8-10-14-28)37(45)34-33-22-27(5)40(48-33)35(34)38(46)43(32(25-44)21-26(3)4)36(40)39(47)42(20-7-2)31-18-17-29-15-11-12-16-30(29)23-31/h6-18,23,26-27,32-36,44H,1-2,19-22,24-25H2,3-5H3/t27?,32-,33+,34-,35+,36?,40?/m1/s1. The number of nitrogens with zero attached hydrogens (tertiary/aromatic N) is 3. The molecular weight excluding hydrogens is 619 g/mol. The number of hydrogen-bond donors (Lipinski definition) is 1. The number of rotatable bonds is 13. The van der Waals surface area contributed by atoms with Crippen LogP contribution in [0.5, 0.6) is 0 Å². The summed E-state index contributed by atoms with van der Waals surface area (Å²) in [5, 5.41) is 12.8. The number of carbonyl (C=O) groups is 3. The largest absolute Gasteiger partial charge is 0.394 e. The molecule has 2 bridgehead atoms. The van der Waals surface area contributed by atoms with Crippen molar-refractivity contribution in [2.75, 3.05) is 24.6 Å². The highest BCUT2D eigenvalue weighted by molar-refractivity contribution is 8.02. The Balaban J connectivity index is 1.44. The molecule has 1 spiro atoms. The Bertz CT molecular complexity index is 1690. The van der Waals surface area contributed by atoms with Gasteiger partial charge in [0.2, 0.25) is 11.8 Å². The second-order valence-corrected chi connectivity index (χ2v) is 15.6. The van der Waals surface area contributed by atoms with Crippen LogP contribution in [0.15, 0.2) is 98.1 Å². The highest BCUT2D eigenvalue weighted by Crippen LogP contribution is 2.69. The number of fused-ring (bicyclic) bond motifs is 2. The second kappa shape index (κ2) is 13.9. The summed E-state index contributed by atoms with van der Waals surface area (Å²) in [6.45, 7) is 14.9. The van der Waals surface area contributed by atoms with E-state index >= 15 is 4.79 Å². The zero-order valence-electron chi connectivity index (χ0n) is 28.2. The molecule has 3 amide bonds. The summed E-state index contributed by atoms with van der Waals surface area (Å²) in [4.78, 5) is 50.1. The van der Waals surface area contributed by atoms with Crippen LogP contribution in [0.25, 0.3) is 10.8 Å². The van der Waals surface area contributed by atoms with E-state index in [4.69, 9.17) is 0 Å². The van der Waals surface area contributed by atoms with Crippen LogP contribution in [0, 0.1) is 23.7 Å². The fourth-order valence-corrected chi connectivity index (χ4v) is 11.0. The highest BCUT2D eigenvalue weighted by atomic mass is 32.2. The second-order valence-electron chi connectivity index (χ2n) is 14.0. The Morgan fingerprint density at radius 3 is 2.35 bits per heavy atom. The molecule has 3 saturated heterocycles. The Morgan fingerprint density at radius 1 is 1.00 bits per heavy atom. The molecule has 3 fully saturated rings. The lowest BCUT2D eigenvalue weighted by Gasteiger charge is -2.42. The number of carbonyl (C=O) groups excluding carboxylic acids is 3. The molecule has 3 heterocycles. The fraction of sp³-hybridized carbons (Fsp3) is 0.425. The number of likely N-dealkylation sites (tertiary alicyclic amines) is 1. The Hall–Kier alpha value is -3.88. The first-order valence-corrected chi connectivity index (χ1v) is 18.0. The zero-order valence-corrected chi connectivity index (χ0v) is 29.0. The van der Waals surface area contributed by atoms with Crippen LogP contribution in [0.1, 0.15) is 39.2 Å². The molecule has 48 heavy (non-hydrogen) atoms. The lowest BCUT2D eigenvalue weighted by molar-refractivity contribution is -0.146. The van der Waals surface area contributed by atoms with E-state index in [1.807, 2.05) is 72.8 Å². The zero-order chi connectivity index (χ0) is 34.2. The molecule has 8 heteroatoms. The van der Waals surface area contributed by atoms with Gasteiger partial charge in [-0.1, -0.05) is 93.6 Å². The van der Waals surface area contributed by atoms with Crippen molar-refractivity contribution in [1.29, 1.82) is 0 Å². The molecule has 0 radical (unpaired) electrons. The summed E-state index contributed by atoms with van der Waals surface area (Å²) < 4.78 is -0.813. The lowest BCUT2D eigenvalue weighted by atomic mass is 9.65. The molecule has 7 atom stereocenters. The summed E-state index contributed by atoms with van der Waals surface area (Å²) in [5.74, 6) is -1.52. The van der Waals surface area contributed by atoms with Crippen molar-refractivity contribution in [3.05, 3.63) is 104 Å². The average molecular weight is 666 g/mol. The first-order chi connectivity index (χ1) is 23.2. The molecule has 3 aromatic carbocycles. The van der Waals surface area contributed by atoms with Gasteiger partial charge >= 0.3 is 0 Å². The molecule has 3 aliphatic heterocycles. The molecule has 252 valence electrons. The van der Waals surface area contributed by atoms with E-state index in [0.29, 0.717) is 19.5 Å². The maximum absolute atomic E-state index is 15.2. The predicted molar refractivity (Wildman–Crippen MR) is 194 cm³/mol. The Morgan fingerprint density at radius 2 is 1.69 bits per heavy atom. The van der Waals surface area contributed by atoms with Gasteiger partial charge in [-0.05, 0) is 53.1 Å². The SMILES string of the molecule is C=CCN(Cc1ccccc1)C(=O)[C@@H]1[C@@H]2CC(C)C3(S2)C(C(=O)N(CC=C)c2ccc4ccccc4c2)N([C@@H](CO)CC(C)C)C(=O)[C@H]13. The van der Waals surface area contributed by atoms with Gasteiger partial charge in [0.15, 0.2) is 0 Å². The number of hydrogen-bond acceptors (Lipinski definition) is 5. The van der Waals surface area contributed by atoms with Crippen molar-refractivity contribution in [3.63, 3.8) is 0 Å². The van der Waals surface area contributed by atoms with E-state index < -0.39 is 28.7 Å². The van der Waals surface area contributed by atoms with Gasteiger partial charge in [-0.3, -0.25) is 14.4 Å². The normalized spacial score (nSPS) is 26.5. The molecule has 6 rings (SSSR count). The summed E-state index contributed by atoms with van der Waals surface area (Å²) in [6.07, 6.45) is 4.73. The van der Waals surface area contributed by atoms with Crippen LogP contribution >= 0.6 is 11.8 Å². The van der Waals surface area contributed by atoms with Crippen LogP contribution in [0.3, 0.4) is 0 Å². The molecular formula is C40H47N3O4S. The van der Waals surface area contributed by atoms with Crippen molar-refractivity contribution < 1.29 is 19.5 Å². The van der Waals surface area contributed by atoms with Crippen molar-refractivity contribution in [2.45, 2.75) is 62.2 Å². The van der Waals surface area contributed by atoms with Gasteiger partial charge in [0, 0.05) is 30.6 Å². The lowest BCUT2D eigenvalue weighted by Crippen LogP contribution is -2.59. The highest BCUT2D eigenvalue weighted by Gasteiger charge is 2.77. The van der Waals surface area contributed by atoms with Crippen molar-refractivity contribution in [1.82, 2.24) is 9.80 Å². The summed E-state index contributed by atoms with van der Waals surface area (Å²) in [7, 11) is 0. The van der Waals surface area contributed by atoms with Crippen LogP contribution in [0.4, 0.5) is 5.69 Å². The van der Waals surface area contributed by atoms with E-state index in [1.54, 1.807) is 38.6 Å². The van der Waals surface area contributed by atoms with Crippen LogP contribution < -0.4 is 4.90 Å². The molecule has 0 aromatic heterocycles. The third-order valence-electron chi connectivity index (χ3n) is 10.5. The molecule has 0 saturated carbocycles. The van der Waals surface area contributed by atoms with Crippen LogP contribution in [0.2, 0.25) is 0 Å². The number of benzene rings is 3. The van der Waals surface area contributed by atoms with E-state index in [2.05, 4.69) is 33.9 Å². The maximum atomic E-state index is 15.2. The molecule has 3 unspecified atom stereocenters. The van der Waals surface area contributed by atoms with Crippen LogP contribution in [-0.2, 0) is 20.9 Å². The van der Waals surface area contributed by atoms with Gasteiger partial charge in [0.25, 0.3) is 5.91 Å². The van der Waals surface area contributed by atoms with Crippen molar-refractivity contribution in [2.24, 2.45) is 23.7 Å². The molecule has 3 aromatic rings. The van der Waals surface area contributed by atoms with Gasteiger partial charge in [-0.2, -0.15) is 0 Å². The van der Waals surface area contributed by atoms with E-state index in [1.165, 1.54) is 0 Å². The number of thioether (sulfide) groups is 1. The Kier molecular flexibility index (Phi) is 9.86. The van der Waals surface area contributed by atoms with Gasteiger partial charge in [0.05, 0.1) is 29.2 Å².